The van der Waals surface area contributed by atoms with Gasteiger partial charge in [0.05, 0.1) is 10.4 Å². The van der Waals surface area contributed by atoms with Gasteiger partial charge in [0, 0.05) is 23.2 Å². The van der Waals surface area contributed by atoms with Gasteiger partial charge >= 0.3 is 0 Å². The first-order valence-corrected chi connectivity index (χ1v) is 5.68. The molecule has 0 saturated heterocycles. The lowest BCUT2D eigenvalue weighted by Crippen LogP contribution is -2.19. The number of halogens is 2. The molecule has 0 N–H and O–H groups in total. The third-order valence-electron chi connectivity index (χ3n) is 2.62. The van der Waals surface area contributed by atoms with E-state index < -0.39 is 0 Å². The molecule has 0 fully saturated rings. The van der Waals surface area contributed by atoms with E-state index in [2.05, 4.69) is 6.07 Å². The lowest BCUT2D eigenvalue weighted by atomic mass is 10.1. The predicted molar refractivity (Wildman–Crippen MR) is 67.1 cm³/mol. The number of hydrogen-bond acceptors (Lipinski definition) is 0. The molecule has 0 unspecified atom stereocenters. The van der Waals surface area contributed by atoms with Crippen molar-refractivity contribution in [2.75, 3.05) is 0 Å². The normalized spacial score (nSPS) is 11.1. The second kappa shape index (κ2) is 3.62. The molecule has 1 aromatic carbocycles. The van der Waals surface area contributed by atoms with Crippen LogP contribution in [0.2, 0.25) is 10.0 Å². The van der Waals surface area contributed by atoms with Crippen molar-refractivity contribution in [1.29, 1.82) is 0 Å². The van der Waals surface area contributed by atoms with E-state index in [1.54, 1.807) is 6.07 Å². The number of hydrogen-bond donors (Lipinski definition) is 0. The summed E-state index contributed by atoms with van der Waals surface area (Å²) in [5.74, 6) is 0. The van der Waals surface area contributed by atoms with E-state index in [1.807, 2.05) is 41.1 Å². The first kappa shape index (κ1) is 9.88. The fourth-order valence-electron chi connectivity index (χ4n) is 1.87. The highest BCUT2D eigenvalue weighted by molar-refractivity contribution is 6.38. The Kier molecular flexibility index (Phi) is 2.23. The lowest BCUT2D eigenvalue weighted by molar-refractivity contribution is -0.510. The van der Waals surface area contributed by atoms with Crippen molar-refractivity contribution in [3.8, 4) is 0 Å². The molecular formula is C13H8Cl2N+. The summed E-state index contributed by atoms with van der Waals surface area (Å²) in [5, 5.41) is 3.41. The second-order valence-corrected chi connectivity index (χ2v) is 4.54. The summed E-state index contributed by atoms with van der Waals surface area (Å²) >= 11 is 12.1. The molecule has 0 spiro atoms. The van der Waals surface area contributed by atoms with Gasteiger partial charge < -0.3 is 0 Å². The van der Waals surface area contributed by atoms with Gasteiger partial charge in [0.1, 0.15) is 0 Å². The quantitative estimate of drug-likeness (QED) is 0.420. The van der Waals surface area contributed by atoms with E-state index in [0.29, 0.717) is 10.0 Å². The minimum absolute atomic E-state index is 0.665. The Hall–Kier alpha value is -1.31. The fourth-order valence-corrected chi connectivity index (χ4v) is 2.43. The molecule has 0 bridgehead atoms. The number of nitrogens with zero attached hydrogens (tertiary/aromatic N) is 1. The molecule has 0 amide bonds. The van der Waals surface area contributed by atoms with Crippen LogP contribution in [0.3, 0.4) is 0 Å². The summed E-state index contributed by atoms with van der Waals surface area (Å²) in [6.07, 6.45) is 4.02. The zero-order valence-corrected chi connectivity index (χ0v) is 9.83. The molecule has 78 valence electrons. The van der Waals surface area contributed by atoms with Crippen LogP contribution in [0.15, 0.2) is 48.8 Å². The summed E-state index contributed by atoms with van der Waals surface area (Å²) in [6.45, 7) is 0. The SMILES string of the molecule is Clc1cc(Cl)c2c[n+]3ccccc3cc2c1. The second-order valence-electron chi connectivity index (χ2n) is 3.70. The van der Waals surface area contributed by atoms with Gasteiger partial charge in [-0.2, -0.15) is 4.40 Å². The summed E-state index contributed by atoms with van der Waals surface area (Å²) in [7, 11) is 0. The Morgan fingerprint density at radius 2 is 1.88 bits per heavy atom. The van der Waals surface area contributed by atoms with Crippen LogP contribution in [0, 0.1) is 0 Å². The maximum Gasteiger partial charge on any atom is 0.211 e. The number of aromatic nitrogens is 1. The summed E-state index contributed by atoms with van der Waals surface area (Å²) in [5.41, 5.74) is 1.12. The zero-order chi connectivity index (χ0) is 11.1. The molecule has 0 saturated carbocycles. The number of rotatable bonds is 0. The molecule has 16 heavy (non-hydrogen) atoms. The molecule has 3 aromatic rings. The van der Waals surface area contributed by atoms with E-state index in [9.17, 15) is 0 Å². The van der Waals surface area contributed by atoms with Gasteiger partial charge in [0.25, 0.3) is 0 Å². The Balaban J connectivity index is 2.51. The Morgan fingerprint density at radius 1 is 1.00 bits per heavy atom. The lowest BCUT2D eigenvalue weighted by Gasteiger charge is -2.00. The van der Waals surface area contributed by atoms with Gasteiger partial charge in [-0.15, -0.1) is 0 Å². The topological polar surface area (TPSA) is 4.10 Å². The van der Waals surface area contributed by atoms with Crippen LogP contribution in [0.5, 0.6) is 0 Å². The minimum atomic E-state index is 0.665. The molecule has 3 heteroatoms. The summed E-state index contributed by atoms with van der Waals surface area (Å²) < 4.78 is 2.04. The van der Waals surface area contributed by atoms with Gasteiger partial charge in [-0.05, 0) is 23.6 Å². The van der Waals surface area contributed by atoms with Crippen LogP contribution in [-0.2, 0) is 0 Å². The molecule has 0 aliphatic heterocycles. The third kappa shape index (κ3) is 1.53. The summed E-state index contributed by atoms with van der Waals surface area (Å²) in [6, 6.07) is 11.8. The molecule has 2 aromatic heterocycles. The monoisotopic (exact) mass is 248 g/mol. The van der Waals surface area contributed by atoms with Crippen LogP contribution >= 0.6 is 23.2 Å². The van der Waals surface area contributed by atoms with E-state index in [-0.39, 0.29) is 0 Å². The third-order valence-corrected chi connectivity index (χ3v) is 3.15. The van der Waals surface area contributed by atoms with E-state index >= 15 is 0 Å². The molecule has 0 aliphatic carbocycles. The average Bonchev–Trinajstić information content (AvgIpc) is 2.27. The Labute approximate surface area is 103 Å². The van der Waals surface area contributed by atoms with Gasteiger partial charge in [-0.1, -0.05) is 23.2 Å². The van der Waals surface area contributed by atoms with E-state index in [4.69, 9.17) is 23.2 Å². The zero-order valence-electron chi connectivity index (χ0n) is 8.32. The largest absolute Gasteiger partial charge is 0.211 e. The van der Waals surface area contributed by atoms with Gasteiger partial charge in [0.15, 0.2) is 12.4 Å². The molecule has 3 rings (SSSR count). The molecule has 0 radical (unpaired) electrons. The van der Waals surface area contributed by atoms with Crippen molar-refractivity contribution in [1.82, 2.24) is 0 Å². The number of benzene rings is 1. The van der Waals surface area contributed by atoms with Crippen molar-refractivity contribution in [3.05, 3.63) is 58.8 Å². The minimum Gasteiger partial charge on any atom is -0.167 e. The first-order chi connectivity index (χ1) is 7.74. The van der Waals surface area contributed by atoms with E-state index in [0.717, 1.165) is 16.3 Å². The predicted octanol–water partition coefficient (Wildman–Crippen LogP) is 3.89. The highest BCUT2D eigenvalue weighted by Crippen LogP contribution is 2.27. The highest BCUT2D eigenvalue weighted by atomic mass is 35.5. The summed E-state index contributed by atoms with van der Waals surface area (Å²) in [4.78, 5) is 0. The Bertz CT molecular complexity index is 692. The van der Waals surface area contributed by atoms with Crippen LogP contribution in [0.1, 0.15) is 0 Å². The smallest absolute Gasteiger partial charge is 0.167 e. The van der Waals surface area contributed by atoms with Crippen LogP contribution in [0.25, 0.3) is 16.3 Å². The van der Waals surface area contributed by atoms with Crippen molar-refractivity contribution in [2.24, 2.45) is 0 Å². The van der Waals surface area contributed by atoms with Crippen molar-refractivity contribution in [2.45, 2.75) is 0 Å². The Morgan fingerprint density at radius 3 is 2.75 bits per heavy atom. The standard InChI is InChI=1S/C13H8Cl2N/c14-10-5-9-6-11-3-1-2-4-16(11)8-12(9)13(15)7-10/h1-8H/q+1. The average molecular weight is 249 g/mol. The van der Waals surface area contributed by atoms with Gasteiger partial charge in [0.2, 0.25) is 5.52 Å². The molecule has 0 atom stereocenters. The molecular weight excluding hydrogens is 241 g/mol. The van der Waals surface area contributed by atoms with Crippen molar-refractivity contribution in [3.63, 3.8) is 0 Å². The number of pyridine rings is 2. The van der Waals surface area contributed by atoms with Crippen LogP contribution in [0.4, 0.5) is 0 Å². The van der Waals surface area contributed by atoms with Crippen LogP contribution < -0.4 is 4.40 Å². The van der Waals surface area contributed by atoms with Crippen LogP contribution in [-0.4, -0.2) is 0 Å². The van der Waals surface area contributed by atoms with E-state index in [1.165, 1.54) is 0 Å². The molecule has 0 aliphatic rings. The maximum atomic E-state index is 6.16. The highest BCUT2D eigenvalue weighted by Gasteiger charge is 2.08. The van der Waals surface area contributed by atoms with Gasteiger partial charge in [-0.3, -0.25) is 0 Å². The van der Waals surface area contributed by atoms with Gasteiger partial charge in [-0.25, -0.2) is 0 Å². The number of fused-ring (bicyclic) bond motifs is 2. The van der Waals surface area contributed by atoms with Crippen molar-refractivity contribution < 1.29 is 4.40 Å². The molecule has 2 heterocycles. The first-order valence-electron chi connectivity index (χ1n) is 4.93. The molecule has 1 nitrogen and oxygen atoms in total. The van der Waals surface area contributed by atoms with Crippen molar-refractivity contribution >= 4 is 39.5 Å². The maximum absolute atomic E-state index is 6.16. The fraction of sp³-hybridized carbons (Fsp3) is 0.